The summed E-state index contributed by atoms with van der Waals surface area (Å²) in [4.78, 5) is 24.1. The molecule has 2 aliphatic carbocycles. The summed E-state index contributed by atoms with van der Waals surface area (Å²) in [6, 6.07) is -0.153. The van der Waals surface area contributed by atoms with Gasteiger partial charge in [0.2, 0.25) is 0 Å². The Labute approximate surface area is 114 Å². The van der Waals surface area contributed by atoms with E-state index in [0.29, 0.717) is 5.92 Å². The number of rotatable bonds is 7. The van der Waals surface area contributed by atoms with Gasteiger partial charge < -0.3 is 15.3 Å². The fourth-order valence-electron chi connectivity index (χ4n) is 2.68. The van der Waals surface area contributed by atoms with Gasteiger partial charge in [0, 0.05) is 20.1 Å². The third kappa shape index (κ3) is 4.11. The quantitative estimate of drug-likeness (QED) is 0.739. The van der Waals surface area contributed by atoms with Crippen molar-refractivity contribution in [2.24, 2.45) is 23.7 Å². The number of carbonyl (C=O) groups is 2. The van der Waals surface area contributed by atoms with Crippen molar-refractivity contribution in [2.75, 3.05) is 20.1 Å². The van der Waals surface area contributed by atoms with Gasteiger partial charge in [0.05, 0.1) is 5.92 Å². The molecule has 0 aromatic carbocycles. The van der Waals surface area contributed by atoms with Crippen LogP contribution in [-0.2, 0) is 4.79 Å². The molecule has 0 saturated heterocycles. The van der Waals surface area contributed by atoms with Crippen molar-refractivity contribution in [2.45, 2.75) is 32.6 Å². The lowest BCUT2D eigenvalue weighted by Gasteiger charge is -2.22. The van der Waals surface area contributed by atoms with Crippen LogP contribution in [0, 0.1) is 23.7 Å². The minimum atomic E-state index is -0.867. The Hall–Kier alpha value is -1.26. The zero-order valence-electron chi connectivity index (χ0n) is 11.8. The summed E-state index contributed by atoms with van der Waals surface area (Å²) in [5.41, 5.74) is 0. The Morgan fingerprint density at radius 1 is 1.26 bits per heavy atom. The molecule has 0 radical (unpaired) electrons. The normalized spacial score (nSPS) is 20.2. The van der Waals surface area contributed by atoms with Crippen LogP contribution in [0.1, 0.15) is 32.6 Å². The van der Waals surface area contributed by atoms with Gasteiger partial charge in [-0.25, -0.2) is 4.79 Å². The lowest BCUT2D eigenvalue weighted by Crippen LogP contribution is -2.42. The molecule has 2 amide bonds. The number of aliphatic carboxylic acids is 1. The molecular weight excluding hydrogens is 244 g/mol. The zero-order chi connectivity index (χ0) is 14.0. The van der Waals surface area contributed by atoms with Gasteiger partial charge in [-0.15, -0.1) is 0 Å². The molecule has 1 unspecified atom stereocenters. The van der Waals surface area contributed by atoms with Gasteiger partial charge in [-0.05, 0) is 43.4 Å². The molecule has 0 aromatic rings. The third-order valence-electron chi connectivity index (χ3n) is 4.26. The fourth-order valence-corrected chi connectivity index (χ4v) is 2.68. The molecule has 2 saturated carbocycles. The molecule has 1 atom stereocenters. The molecule has 2 N–H and O–H groups in total. The van der Waals surface area contributed by atoms with Crippen LogP contribution in [0.5, 0.6) is 0 Å². The van der Waals surface area contributed by atoms with E-state index < -0.39 is 11.9 Å². The second-order valence-electron chi connectivity index (χ2n) is 6.14. The predicted molar refractivity (Wildman–Crippen MR) is 71.8 cm³/mol. The van der Waals surface area contributed by atoms with Gasteiger partial charge in [-0.3, -0.25) is 4.79 Å². The second-order valence-corrected chi connectivity index (χ2v) is 6.14. The minimum Gasteiger partial charge on any atom is -0.481 e. The molecule has 5 nitrogen and oxygen atoms in total. The first kappa shape index (κ1) is 14.2. The molecule has 108 valence electrons. The number of hydrogen-bond donors (Lipinski definition) is 2. The highest BCUT2D eigenvalue weighted by Crippen LogP contribution is 2.48. The van der Waals surface area contributed by atoms with Crippen LogP contribution in [0.3, 0.4) is 0 Å². The molecule has 19 heavy (non-hydrogen) atoms. The van der Waals surface area contributed by atoms with Crippen molar-refractivity contribution in [1.29, 1.82) is 0 Å². The average molecular weight is 268 g/mol. The Morgan fingerprint density at radius 2 is 1.79 bits per heavy atom. The molecule has 2 rings (SSSR count). The van der Waals surface area contributed by atoms with Crippen molar-refractivity contribution < 1.29 is 14.7 Å². The Balaban J connectivity index is 1.72. The van der Waals surface area contributed by atoms with E-state index in [2.05, 4.69) is 5.32 Å². The number of carbonyl (C=O) groups excluding carboxylic acids is 1. The maximum absolute atomic E-state index is 11.9. The summed E-state index contributed by atoms with van der Waals surface area (Å²) in [6.45, 7) is 2.61. The van der Waals surface area contributed by atoms with Crippen LogP contribution in [0.15, 0.2) is 0 Å². The van der Waals surface area contributed by atoms with E-state index in [1.165, 1.54) is 30.6 Å². The van der Waals surface area contributed by atoms with Crippen molar-refractivity contribution in [3.8, 4) is 0 Å². The molecular formula is C14H24N2O3. The SMILES string of the molecule is CC(CN(C)C(=O)NCC(C1CC1)C1CC1)C(=O)O. The van der Waals surface area contributed by atoms with Crippen molar-refractivity contribution in [3.05, 3.63) is 0 Å². The van der Waals surface area contributed by atoms with Gasteiger partial charge in [-0.1, -0.05) is 6.92 Å². The van der Waals surface area contributed by atoms with E-state index in [1.54, 1.807) is 14.0 Å². The Bertz CT molecular complexity index is 339. The van der Waals surface area contributed by atoms with E-state index in [0.717, 1.165) is 18.4 Å². The number of nitrogens with zero attached hydrogens (tertiary/aromatic N) is 1. The van der Waals surface area contributed by atoms with Gasteiger partial charge in [0.25, 0.3) is 0 Å². The largest absolute Gasteiger partial charge is 0.481 e. The molecule has 0 aromatic heterocycles. The zero-order valence-corrected chi connectivity index (χ0v) is 11.8. The summed E-state index contributed by atoms with van der Waals surface area (Å²) < 4.78 is 0. The van der Waals surface area contributed by atoms with E-state index in [-0.39, 0.29) is 12.6 Å². The van der Waals surface area contributed by atoms with Gasteiger partial charge in [-0.2, -0.15) is 0 Å². The minimum absolute atomic E-state index is 0.153. The maximum atomic E-state index is 11.9. The Kier molecular flexibility index (Phi) is 4.32. The summed E-state index contributed by atoms with van der Waals surface area (Å²) in [6.07, 6.45) is 5.23. The monoisotopic (exact) mass is 268 g/mol. The van der Waals surface area contributed by atoms with Gasteiger partial charge in [0.1, 0.15) is 0 Å². The highest BCUT2D eigenvalue weighted by molar-refractivity contribution is 5.75. The molecule has 0 heterocycles. The van der Waals surface area contributed by atoms with Crippen LogP contribution in [0.25, 0.3) is 0 Å². The first-order valence-corrected chi connectivity index (χ1v) is 7.20. The smallest absolute Gasteiger partial charge is 0.317 e. The number of carboxylic acid groups (broad SMARTS) is 1. The van der Waals surface area contributed by atoms with Crippen LogP contribution in [0.2, 0.25) is 0 Å². The van der Waals surface area contributed by atoms with E-state index in [4.69, 9.17) is 5.11 Å². The van der Waals surface area contributed by atoms with Crippen molar-refractivity contribution >= 4 is 12.0 Å². The summed E-state index contributed by atoms with van der Waals surface area (Å²) in [7, 11) is 1.65. The van der Waals surface area contributed by atoms with Crippen LogP contribution < -0.4 is 5.32 Å². The fraction of sp³-hybridized carbons (Fsp3) is 0.857. The molecule has 2 fully saturated rings. The molecule has 2 aliphatic rings. The highest BCUT2D eigenvalue weighted by atomic mass is 16.4. The number of carboxylic acids is 1. The van der Waals surface area contributed by atoms with Gasteiger partial charge in [0.15, 0.2) is 0 Å². The predicted octanol–water partition coefficient (Wildman–Crippen LogP) is 1.78. The topological polar surface area (TPSA) is 69.6 Å². The molecule has 0 spiro atoms. The number of amides is 2. The molecule has 0 aliphatic heterocycles. The van der Waals surface area contributed by atoms with Crippen LogP contribution >= 0.6 is 0 Å². The van der Waals surface area contributed by atoms with Crippen molar-refractivity contribution in [3.63, 3.8) is 0 Å². The lowest BCUT2D eigenvalue weighted by molar-refractivity contribution is -0.141. The molecule has 0 bridgehead atoms. The highest BCUT2D eigenvalue weighted by Gasteiger charge is 2.41. The number of nitrogens with one attached hydrogen (secondary N) is 1. The summed E-state index contributed by atoms with van der Waals surface area (Å²) >= 11 is 0. The summed E-state index contributed by atoms with van der Waals surface area (Å²) in [5, 5.41) is 11.8. The third-order valence-corrected chi connectivity index (χ3v) is 4.26. The van der Waals surface area contributed by atoms with Crippen molar-refractivity contribution in [1.82, 2.24) is 10.2 Å². The van der Waals surface area contributed by atoms with E-state index in [1.807, 2.05) is 0 Å². The standard InChI is InChI=1S/C14H24N2O3/c1-9(13(17)18)8-16(2)14(19)15-7-12(10-3-4-10)11-5-6-11/h9-12H,3-8H2,1-2H3,(H,15,19)(H,17,18). The lowest BCUT2D eigenvalue weighted by atomic mass is 9.98. The van der Waals surface area contributed by atoms with E-state index in [9.17, 15) is 9.59 Å². The maximum Gasteiger partial charge on any atom is 0.317 e. The number of urea groups is 1. The van der Waals surface area contributed by atoms with Gasteiger partial charge >= 0.3 is 12.0 Å². The first-order valence-electron chi connectivity index (χ1n) is 7.20. The second kappa shape index (κ2) is 5.80. The number of hydrogen-bond acceptors (Lipinski definition) is 2. The molecule has 5 heteroatoms. The van der Waals surface area contributed by atoms with Crippen LogP contribution in [0.4, 0.5) is 4.79 Å². The van der Waals surface area contributed by atoms with E-state index >= 15 is 0 Å². The Morgan fingerprint density at radius 3 is 2.21 bits per heavy atom. The summed E-state index contributed by atoms with van der Waals surface area (Å²) in [5.74, 6) is 0.883. The average Bonchev–Trinajstić information content (AvgIpc) is 3.22. The van der Waals surface area contributed by atoms with Crippen LogP contribution in [-0.4, -0.2) is 42.1 Å². The first-order chi connectivity index (χ1) is 8.99.